The number of rotatable bonds is 7. The quantitative estimate of drug-likeness (QED) is 0.282. The molecule has 0 saturated heterocycles. The van der Waals surface area contributed by atoms with Crippen LogP contribution < -0.4 is 19.1 Å². The summed E-state index contributed by atoms with van der Waals surface area (Å²) in [6.45, 7) is 5.23. The molecule has 1 atom stereocenters. The summed E-state index contributed by atoms with van der Waals surface area (Å²) in [6, 6.07) is 11.2. The summed E-state index contributed by atoms with van der Waals surface area (Å²) < 4.78 is 36.9. The van der Waals surface area contributed by atoms with Crippen LogP contribution in [0.25, 0.3) is 0 Å². The zero-order valence-corrected chi connectivity index (χ0v) is 25.1. The Kier molecular flexibility index (Phi) is 8.89. The van der Waals surface area contributed by atoms with Crippen LogP contribution in [0.4, 0.5) is 14.9 Å². The van der Waals surface area contributed by atoms with Gasteiger partial charge in [-0.1, -0.05) is 23.2 Å². The number of carbonyl (C=O) groups excluding carboxylic acids is 2. The van der Waals surface area contributed by atoms with Crippen molar-refractivity contribution in [1.82, 2.24) is 4.90 Å². The highest BCUT2D eigenvalue weighted by Gasteiger charge is 2.43. The van der Waals surface area contributed by atoms with Gasteiger partial charge in [0.1, 0.15) is 40.5 Å². The molecule has 0 aromatic heterocycles. The van der Waals surface area contributed by atoms with E-state index in [4.69, 9.17) is 42.1 Å². The molecule has 11 heteroatoms. The Morgan fingerprint density at radius 3 is 2.34 bits per heavy atom. The molecule has 0 bridgehead atoms. The SMILES string of the molecule is COc1cc(OC)c2c(c1)N(C(=O)OC(C)(C)C)C(C(=O)N(C)Cc1cc(F)ccc1Oc1ccc(Cl)c(Cl)c1)C2. The van der Waals surface area contributed by atoms with E-state index in [1.54, 1.807) is 58.2 Å². The Balaban J connectivity index is 1.65. The maximum atomic E-state index is 14.3. The zero-order valence-electron chi connectivity index (χ0n) is 23.6. The Bertz CT molecular complexity index is 1480. The fourth-order valence-electron chi connectivity index (χ4n) is 4.54. The van der Waals surface area contributed by atoms with E-state index in [-0.39, 0.29) is 13.0 Å². The fraction of sp³-hybridized carbons (Fsp3) is 0.333. The number of benzene rings is 3. The monoisotopic (exact) mass is 604 g/mol. The molecular weight excluding hydrogens is 574 g/mol. The van der Waals surface area contributed by atoms with E-state index in [0.717, 1.165) is 0 Å². The molecule has 0 spiro atoms. The second-order valence-electron chi connectivity index (χ2n) is 10.5. The lowest BCUT2D eigenvalue weighted by Gasteiger charge is -2.31. The Hall–Kier alpha value is -3.69. The largest absolute Gasteiger partial charge is 0.497 e. The molecule has 0 fully saturated rings. The minimum absolute atomic E-state index is 0.0112. The molecular formula is C30H31Cl2FN2O6. The van der Waals surface area contributed by atoms with E-state index in [1.807, 2.05) is 0 Å². The number of methoxy groups -OCH3 is 2. The highest BCUT2D eigenvalue weighted by molar-refractivity contribution is 6.42. The van der Waals surface area contributed by atoms with Gasteiger partial charge in [-0.05, 0) is 51.1 Å². The smallest absolute Gasteiger partial charge is 0.415 e. The molecule has 41 heavy (non-hydrogen) atoms. The van der Waals surface area contributed by atoms with Gasteiger partial charge in [-0.2, -0.15) is 0 Å². The maximum absolute atomic E-state index is 14.3. The number of ether oxygens (including phenoxy) is 4. The molecule has 2 amide bonds. The van der Waals surface area contributed by atoms with Crippen molar-refractivity contribution in [2.24, 2.45) is 0 Å². The van der Waals surface area contributed by atoms with Gasteiger partial charge in [0.05, 0.1) is 30.0 Å². The minimum atomic E-state index is -0.946. The van der Waals surface area contributed by atoms with Crippen LogP contribution in [0.15, 0.2) is 48.5 Å². The summed E-state index contributed by atoms with van der Waals surface area (Å²) >= 11 is 12.1. The molecule has 0 N–H and O–H groups in total. The molecule has 218 valence electrons. The first-order valence-corrected chi connectivity index (χ1v) is 13.5. The van der Waals surface area contributed by atoms with Gasteiger partial charge < -0.3 is 23.8 Å². The molecule has 4 rings (SSSR count). The normalized spacial score (nSPS) is 14.4. The van der Waals surface area contributed by atoms with Gasteiger partial charge in [0.15, 0.2) is 0 Å². The van der Waals surface area contributed by atoms with Crippen molar-refractivity contribution in [3.8, 4) is 23.0 Å². The number of nitrogens with zero attached hydrogens (tertiary/aromatic N) is 2. The number of halogens is 3. The number of likely N-dealkylation sites (N-methyl/N-ethyl adjacent to an activating group) is 1. The van der Waals surface area contributed by atoms with Crippen LogP contribution in [-0.4, -0.2) is 49.8 Å². The van der Waals surface area contributed by atoms with Gasteiger partial charge >= 0.3 is 6.09 Å². The number of anilines is 1. The van der Waals surface area contributed by atoms with Crippen LogP contribution >= 0.6 is 23.2 Å². The summed E-state index contributed by atoms with van der Waals surface area (Å²) in [7, 11) is 4.58. The first kappa shape index (κ1) is 30.3. The third-order valence-corrected chi connectivity index (χ3v) is 7.12. The van der Waals surface area contributed by atoms with Crippen molar-refractivity contribution >= 4 is 40.9 Å². The van der Waals surface area contributed by atoms with Crippen molar-refractivity contribution < 1.29 is 32.9 Å². The lowest BCUT2D eigenvalue weighted by molar-refractivity contribution is -0.131. The molecule has 1 aliphatic heterocycles. The average molecular weight is 605 g/mol. The molecule has 1 aliphatic rings. The topological polar surface area (TPSA) is 77.5 Å². The third kappa shape index (κ3) is 6.80. The highest BCUT2D eigenvalue weighted by atomic mass is 35.5. The molecule has 1 unspecified atom stereocenters. The van der Waals surface area contributed by atoms with E-state index in [2.05, 4.69) is 0 Å². The second-order valence-corrected chi connectivity index (χ2v) is 11.3. The molecule has 3 aromatic carbocycles. The van der Waals surface area contributed by atoms with Crippen molar-refractivity contribution in [3.63, 3.8) is 0 Å². The third-order valence-electron chi connectivity index (χ3n) is 6.38. The summed E-state index contributed by atoms with van der Waals surface area (Å²) in [4.78, 5) is 30.1. The predicted octanol–water partition coefficient (Wildman–Crippen LogP) is 7.27. The van der Waals surface area contributed by atoms with Crippen LogP contribution in [0, 0.1) is 5.82 Å². The van der Waals surface area contributed by atoms with Crippen molar-refractivity contribution in [2.45, 2.75) is 45.4 Å². The van der Waals surface area contributed by atoms with E-state index in [9.17, 15) is 14.0 Å². The summed E-state index contributed by atoms with van der Waals surface area (Å²) in [5.41, 5.74) is 0.725. The molecule has 1 heterocycles. The second kappa shape index (κ2) is 12.0. The number of carbonyl (C=O) groups is 2. The van der Waals surface area contributed by atoms with E-state index >= 15 is 0 Å². The van der Waals surface area contributed by atoms with Gasteiger partial charge in [0, 0.05) is 49.3 Å². The lowest BCUT2D eigenvalue weighted by atomic mass is 10.1. The Morgan fingerprint density at radius 2 is 1.71 bits per heavy atom. The van der Waals surface area contributed by atoms with Crippen molar-refractivity contribution in [2.75, 3.05) is 26.2 Å². The number of hydrogen-bond acceptors (Lipinski definition) is 6. The minimum Gasteiger partial charge on any atom is -0.497 e. The van der Waals surface area contributed by atoms with E-state index < -0.39 is 29.5 Å². The van der Waals surface area contributed by atoms with Gasteiger partial charge in [0.25, 0.3) is 0 Å². The molecule has 3 aromatic rings. The molecule has 0 aliphatic carbocycles. The number of fused-ring (bicyclic) bond motifs is 1. The van der Waals surface area contributed by atoms with Crippen LogP contribution in [0.1, 0.15) is 31.9 Å². The standard InChI is InChI=1S/C30H31Cl2FN2O6/c1-30(2,3)41-29(37)35-24-13-20(38-5)14-27(39-6)21(24)15-25(35)28(36)34(4)16-17-11-18(33)7-10-26(17)40-19-8-9-22(31)23(32)12-19/h7-14,25H,15-16H2,1-6H3. The summed E-state index contributed by atoms with van der Waals surface area (Å²) in [5, 5.41) is 0.667. The predicted molar refractivity (Wildman–Crippen MR) is 155 cm³/mol. The van der Waals surface area contributed by atoms with Crippen molar-refractivity contribution in [1.29, 1.82) is 0 Å². The first-order valence-electron chi connectivity index (χ1n) is 12.7. The fourth-order valence-corrected chi connectivity index (χ4v) is 4.83. The van der Waals surface area contributed by atoms with Crippen LogP contribution in [0.3, 0.4) is 0 Å². The number of hydrogen-bond donors (Lipinski definition) is 0. The van der Waals surface area contributed by atoms with E-state index in [0.29, 0.717) is 49.9 Å². The average Bonchev–Trinajstić information content (AvgIpc) is 3.29. The van der Waals surface area contributed by atoms with Gasteiger partial charge in [-0.25, -0.2) is 9.18 Å². The van der Waals surface area contributed by atoms with Gasteiger partial charge in [0.2, 0.25) is 5.91 Å². The van der Waals surface area contributed by atoms with Gasteiger partial charge in [-0.15, -0.1) is 0 Å². The molecule has 0 saturated carbocycles. The molecule has 8 nitrogen and oxygen atoms in total. The maximum Gasteiger partial charge on any atom is 0.415 e. The van der Waals surface area contributed by atoms with Crippen molar-refractivity contribution in [3.05, 3.63) is 75.5 Å². The lowest BCUT2D eigenvalue weighted by Crippen LogP contribution is -2.49. The Labute approximate surface area is 248 Å². The van der Waals surface area contributed by atoms with Crippen LogP contribution in [0.5, 0.6) is 23.0 Å². The first-order chi connectivity index (χ1) is 19.3. The number of amides is 2. The van der Waals surface area contributed by atoms with E-state index in [1.165, 1.54) is 42.2 Å². The Morgan fingerprint density at radius 1 is 0.976 bits per heavy atom. The highest BCUT2D eigenvalue weighted by Crippen LogP contribution is 2.43. The van der Waals surface area contributed by atoms with Crippen LogP contribution in [-0.2, 0) is 22.5 Å². The van der Waals surface area contributed by atoms with Crippen LogP contribution in [0.2, 0.25) is 10.0 Å². The molecule has 0 radical (unpaired) electrons. The zero-order chi connectivity index (χ0) is 30.1. The summed E-state index contributed by atoms with van der Waals surface area (Å²) in [6.07, 6.45) is -0.506. The van der Waals surface area contributed by atoms with Gasteiger partial charge in [-0.3, -0.25) is 9.69 Å². The summed E-state index contributed by atoms with van der Waals surface area (Å²) in [5.74, 6) is 0.771.